The number of carbonyl (C=O) groups is 5. The average Bonchev–Trinajstić information content (AvgIpc) is 3.79. The first-order valence-corrected chi connectivity index (χ1v) is 22.3. The number of esters is 3. The molecule has 4 saturated carbocycles. The van der Waals surface area contributed by atoms with Crippen LogP contribution < -0.4 is 21.7 Å². The Hall–Kier alpha value is -2.93. The summed E-state index contributed by atoms with van der Waals surface area (Å²) in [6.45, 7) is 22.5. The van der Waals surface area contributed by atoms with Gasteiger partial charge in [0.15, 0.2) is 17.7 Å². The van der Waals surface area contributed by atoms with Gasteiger partial charge in [-0.05, 0) is 149 Å². The van der Waals surface area contributed by atoms with E-state index in [1.165, 1.54) is 13.8 Å². The van der Waals surface area contributed by atoms with Gasteiger partial charge in [-0.15, -0.1) is 0 Å². The molecule has 326 valence electrons. The van der Waals surface area contributed by atoms with E-state index < -0.39 is 41.8 Å². The number of hydrogen-bond donors (Lipinski definition) is 4. The van der Waals surface area contributed by atoms with Crippen molar-refractivity contribution in [3.05, 3.63) is 24.3 Å². The first kappa shape index (κ1) is 46.1. The van der Waals surface area contributed by atoms with Crippen LogP contribution in [0.5, 0.6) is 0 Å². The molecule has 0 amide bonds. The second-order valence-electron chi connectivity index (χ2n) is 19.1. The number of hydrogen-bond acceptors (Lipinski definition) is 12. The molecule has 5 rings (SSSR count). The van der Waals surface area contributed by atoms with Gasteiger partial charge in [-0.3, -0.25) is 24.0 Å². The van der Waals surface area contributed by atoms with Crippen LogP contribution in [0.2, 0.25) is 0 Å². The van der Waals surface area contributed by atoms with E-state index in [0.717, 1.165) is 84.0 Å². The molecule has 0 aromatic heterocycles. The molecule has 5 aliphatic carbocycles. The van der Waals surface area contributed by atoms with Crippen LogP contribution in [0.4, 0.5) is 0 Å². The van der Waals surface area contributed by atoms with Crippen LogP contribution in [0.25, 0.3) is 0 Å². The molecular formula is C46H74N4O8. The third-order valence-corrected chi connectivity index (χ3v) is 15.8. The minimum Gasteiger partial charge on any atom is -0.464 e. The van der Waals surface area contributed by atoms with E-state index >= 15 is 0 Å². The SMILES string of the molecule is C=C(C(=O)[C@H](OC(C)=O)[C@@H](C)[C@H]1[C@@H](OC(C)=O)C[C@@]2(C)[C@@H]3CC[C@H]4[C@H](C)C(=O)C=C[C@@]45C[C@@]35CC[C@]12C)[C@@H](C)COC(=O)CNCCCNCCCCNCCCN. The van der Waals surface area contributed by atoms with E-state index in [9.17, 15) is 24.0 Å². The molecule has 2 spiro atoms. The second-order valence-corrected chi connectivity index (χ2v) is 19.1. The highest BCUT2D eigenvalue weighted by Gasteiger charge is 2.81. The standard InChI is InChI=1S/C46H74N4O8/c1-29(27-56-39(54)26-50-24-12-23-49-21-10-9-20-48-22-11-19-47)30(2)41(55)42(58-34(6)52)32(4)40-37(57-33(5)51)25-44(8)38-14-13-35-31(3)36(53)15-16-45(35)28-46(38,45)18-17-43(40,44)7/h15-16,29,31-32,35,37-38,40,42,48-50H,2,9-14,17-28,47H2,1,3-8H3/t29-,31-,32-,35-,37-,38-,40-,42+,43+,44-,45+,46-/m0/s1. The summed E-state index contributed by atoms with van der Waals surface area (Å²) in [4.78, 5) is 65.1. The van der Waals surface area contributed by atoms with Gasteiger partial charge in [0.2, 0.25) is 0 Å². The van der Waals surface area contributed by atoms with Gasteiger partial charge >= 0.3 is 17.9 Å². The zero-order chi connectivity index (χ0) is 42.5. The minimum atomic E-state index is -1.15. The van der Waals surface area contributed by atoms with E-state index in [0.29, 0.717) is 31.3 Å². The number of unbranched alkanes of at least 4 members (excludes halogenated alkanes) is 1. The van der Waals surface area contributed by atoms with Gasteiger partial charge in [0, 0.05) is 37.5 Å². The second kappa shape index (κ2) is 19.2. The zero-order valence-electron chi connectivity index (χ0n) is 36.6. The summed E-state index contributed by atoms with van der Waals surface area (Å²) in [5, 5.41) is 9.94. The maximum absolute atomic E-state index is 14.4. The van der Waals surface area contributed by atoms with Crippen molar-refractivity contribution in [2.45, 2.75) is 125 Å². The van der Waals surface area contributed by atoms with E-state index in [1.54, 1.807) is 6.92 Å². The van der Waals surface area contributed by atoms with Gasteiger partial charge in [-0.2, -0.15) is 0 Å². The van der Waals surface area contributed by atoms with Gasteiger partial charge in [0.1, 0.15) is 6.10 Å². The number of ketones is 2. The molecule has 4 fully saturated rings. The van der Waals surface area contributed by atoms with Crippen molar-refractivity contribution < 1.29 is 38.2 Å². The zero-order valence-corrected chi connectivity index (χ0v) is 36.6. The number of allylic oxidation sites excluding steroid dienone is 2. The summed E-state index contributed by atoms with van der Waals surface area (Å²) in [5.41, 5.74) is 5.33. The molecule has 5 N–H and O–H groups in total. The molecule has 5 aliphatic rings. The summed E-state index contributed by atoms with van der Waals surface area (Å²) in [6.07, 6.45) is 12.2. The lowest BCUT2D eigenvalue weighted by atomic mass is 9.43. The first-order chi connectivity index (χ1) is 27.5. The van der Waals surface area contributed by atoms with Crippen LogP contribution in [0.1, 0.15) is 113 Å². The highest BCUT2D eigenvalue weighted by molar-refractivity contribution is 6.00. The summed E-state index contributed by atoms with van der Waals surface area (Å²) >= 11 is 0. The quantitative estimate of drug-likeness (QED) is 0.0467. The number of fused-ring (bicyclic) bond motifs is 2. The highest BCUT2D eigenvalue weighted by atomic mass is 16.6. The van der Waals surface area contributed by atoms with Gasteiger partial charge in [0.05, 0.1) is 13.2 Å². The molecule has 0 saturated heterocycles. The van der Waals surface area contributed by atoms with Crippen LogP contribution in [0.15, 0.2) is 24.3 Å². The van der Waals surface area contributed by atoms with E-state index in [2.05, 4.69) is 49.4 Å². The Morgan fingerprint density at radius 3 is 2.22 bits per heavy atom. The molecule has 12 atom stereocenters. The maximum atomic E-state index is 14.4. The number of carbonyl (C=O) groups excluding carboxylic acids is 5. The van der Waals surface area contributed by atoms with Gasteiger partial charge in [-0.25, -0.2) is 0 Å². The van der Waals surface area contributed by atoms with Crippen molar-refractivity contribution in [1.29, 1.82) is 0 Å². The monoisotopic (exact) mass is 811 g/mol. The van der Waals surface area contributed by atoms with Crippen LogP contribution in [-0.4, -0.2) is 94.1 Å². The molecule has 58 heavy (non-hydrogen) atoms. The summed E-state index contributed by atoms with van der Waals surface area (Å²) < 4.78 is 17.6. The van der Waals surface area contributed by atoms with Gasteiger partial charge < -0.3 is 35.9 Å². The molecule has 0 unspecified atom stereocenters. The van der Waals surface area contributed by atoms with Crippen LogP contribution in [-0.2, 0) is 38.2 Å². The fourth-order valence-electron chi connectivity index (χ4n) is 12.7. The summed E-state index contributed by atoms with van der Waals surface area (Å²) in [7, 11) is 0. The third-order valence-electron chi connectivity index (χ3n) is 15.8. The molecule has 0 aliphatic heterocycles. The van der Waals surface area contributed by atoms with Crippen LogP contribution in [0.3, 0.4) is 0 Å². The average molecular weight is 811 g/mol. The Labute approximate surface area is 347 Å². The fourth-order valence-corrected chi connectivity index (χ4v) is 12.7. The molecule has 12 nitrogen and oxygen atoms in total. The number of Topliss-reactive ketones (excluding diaryl/α,β-unsaturated/α-hetero) is 1. The molecule has 0 aromatic rings. The lowest BCUT2D eigenvalue weighted by Gasteiger charge is -2.61. The number of nitrogens with one attached hydrogen (secondary N) is 3. The Balaban J connectivity index is 1.17. The smallest absolute Gasteiger partial charge is 0.319 e. The number of nitrogens with two attached hydrogens (primary N) is 1. The van der Waals surface area contributed by atoms with Crippen molar-refractivity contribution in [1.82, 2.24) is 16.0 Å². The molecule has 0 heterocycles. The molecular weight excluding hydrogens is 737 g/mol. The largest absolute Gasteiger partial charge is 0.464 e. The topological polar surface area (TPSA) is 175 Å². The Morgan fingerprint density at radius 2 is 1.57 bits per heavy atom. The van der Waals surface area contributed by atoms with Crippen molar-refractivity contribution in [3.8, 4) is 0 Å². The van der Waals surface area contributed by atoms with Crippen molar-refractivity contribution in [3.63, 3.8) is 0 Å². The van der Waals surface area contributed by atoms with Crippen LogP contribution in [0, 0.1) is 57.2 Å². The Morgan fingerprint density at radius 1 is 0.914 bits per heavy atom. The lowest BCUT2D eigenvalue weighted by molar-refractivity contribution is -0.166. The number of rotatable bonds is 23. The lowest BCUT2D eigenvalue weighted by Crippen LogP contribution is -2.56. The molecule has 0 radical (unpaired) electrons. The predicted molar refractivity (Wildman–Crippen MR) is 223 cm³/mol. The minimum absolute atomic E-state index is 0.0286. The third kappa shape index (κ3) is 9.05. The number of ether oxygens (including phenoxy) is 3. The highest BCUT2D eigenvalue weighted by Crippen LogP contribution is 2.87. The molecule has 12 heteroatoms. The summed E-state index contributed by atoms with van der Waals surface area (Å²) in [5.74, 6) is -2.05. The fraction of sp³-hybridized carbons (Fsp3) is 0.804. The van der Waals surface area contributed by atoms with Crippen molar-refractivity contribution in [2.24, 2.45) is 62.9 Å². The normalized spacial score (nSPS) is 34.7. The predicted octanol–water partition coefficient (Wildman–Crippen LogP) is 5.08. The Kier molecular flexibility index (Phi) is 15.3. The van der Waals surface area contributed by atoms with E-state index in [4.69, 9.17) is 19.9 Å². The van der Waals surface area contributed by atoms with Gasteiger partial charge in [0.25, 0.3) is 0 Å². The summed E-state index contributed by atoms with van der Waals surface area (Å²) in [6, 6.07) is 0. The van der Waals surface area contributed by atoms with Gasteiger partial charge in [-0.1, -0.05) is 47.3 Å². The maximum Gasteiger partial charge on any atom is 0.319 e. The first-order valence-electron chi connectivity index (χ1n) is 22.3. The van der Waals surface area contributed by atoms with Crippen LogP contribution >= 0.6 is 0 Å². The molecule has 0 aromatic carbocycles. The van der Waals surface area contributed by atoms with Crippen molar-refractivity contribution >= 4 is 29.5 Å². The molecule has 0 bridgehead atoms. The van der Waals surface area contributed by atoms with E-state index in [-0.39, 0.29) is 64.0 Å². The Bertz CT molecular complexity index is 1570. The van der Waals surface area contributed by atoms with Crippen molar-refractivity contribution in [2.75, 3.05) is 52.4 Å². The van der Waals surface area contributed by atoms with E-state index in [1.807, 2.05) is 13.0 Å².